The average Bonchev–Trinajstić information content (AvgIpc) is 4.01. The van der Waals surface area contributed by atoms with Gasteiger partial charge in [-0.1, -0.05) is 198 Å². The number of alkyl halides is 1. The van der Waals surface area contributed by atoms with Crippen LogP contribution in [0.2, 0.25) is 0 Å². The summed E-state index contributed by atoms with van der Waals surface area (Å²) in [6.07, 6.45) is 12.6. The Bertz CT molecular complexity index is 1130. The second kappa shape index (κ2) is 76.6. The quantitative estimate of drug-likeness (QED) is 0.0571. The summed E-state index contributed by atoms with van der Waals surface area (Å²) in [5, 5.41) is 97.1. The molecule has 1 aliphatic heterocycles. The molecule has 2 saturated carbocycles. The van der Waals surface area contributed by atoms with Gasteiger partial charge < -0.3 is 70.4 Å². The van der Waals surface area contributed by atoms with E-state index < -0.39 is 36.2 Å². The molecule has 0 spiro atoms. The first-order chi connectivity index (χ1) is 29.8. The molecular formula is C64H157FO14. The van der Waals surface area contributed by atoms with E-state index in [2.05, 4.69) is 39.0 Å². The summed E-state index contributed by atoms with van der Waals surface area (Å²) in [7, 11) is 0. The number of hydrogen-bond donors (Lipinski definition) is 11. The molecule has 0 amide bonds. The highest BCUT2D eigenvalue weighted by molar-refractivity contribution is 5.50. The Hall–Kier alpha value is -1.44. The van der Waals surface area contributed by atoms with Crippen molar-refractivity contribution in [2.75, 3.05) is 52.9 Å². The molecule has 0 aromatic carbocycles. The number of aliphatic hydroxyl groups excluding tert-OH is 10. The molecule has 0 aromatic heterocycles. The molecule has 0 radical (unpaired) electrons. The maximum atomic E-state index is 12.6. The van der Waals surface area contributed by atoms with Gasteiger partial charge >= 0.3 is 0 Å². The molecule has 14 nitrogen and oxygen atoms in total. The van der Waals surface area contributed by atoms with Crippen LogP contribution in [0.4, 0.5) is 4.39 Å². The molecule has 1 saturated heterocycles. The van der Waals surface area contributed by atoms with Crippen molar-refractivity contribution in [3.63, 3.8) is 0 Å². The Kier molecular flexibility index (Phi) is 124. The summed E-state index contributed by atoms with van der Waals surface area (Å²) >= 11 is 0. The SMILES string of the molecule is C.C.C.C.C.C.C.C.C.C.C.C.C.C.C.C.CCC(CO)CCO.CCCC(CC=O)OCC.C[C@@H]1CO[C@H](CO)[C@@H](O)C1.C[C@@H]1C[C@H](O)[C@@H](O)[C@@H]1F.C[C@H]1C=C[C@@H](CO)C1.C[C@H]1CC=C(CO)C1.C[C@H]1C[C@H](O)[C@@](O)(CO)C1. The smallest absolute Gasteiger partial charge is 0.131 e. The topological polar surface area (TPSA) is 258 Å². The molecule has 0 aromatic rings. The van der Waals surface area contributed by atoms with E-state index in [0.717, 1.165) is 63.6 Å². The zero-order chi connectivity index (χ0) is 48.5. The molecule has 3 fully saturated rings. The number of hydrogen-bond acceptors (Lipinski definition) is 14. The summed E-state index contributed by atoms with van der Waals surface area (Å²) in [6.45, 7) is 18.0. The molecule has 504 valence electrons. The first-order valence-electron chi connectivity index (χ1n) is 23.6. The number of aldehydes is 1. The Morgan fingerprint density at radius 3 is 1.44 bits per heavy atom. The van der Waals surface area contributed by atoms with Gasteiger partial charge in [0.15, 0.2) is 0 Å². The zero-order valence-electron chi connectivity index (χ0n) is 40.1. The van der Waals surface area contributed by atoms with Gasteiger partial charge in [-0.15, -0.1) is 0 Å². The van der Waals surface area contributed by atoms with E-state index in [4.69, 9.17) is 50.3 Å². The number of aliphatic hydroxyl groups is 11. The second-order valence-corrected chi connectivity index (χ2v) is 18.3. The third-order valence-corrected chi connectivity index (χ3v) is 11.9. The van der Waals surface area contributed by atoms with Crippen molar-refractivity contribution in [1.29, 1.82) is 0 Å². The third-order valence-electron chi connectivity index (χ3n) is 11.9. The largest absolute Gasteiger partial charge is 0.396 e. The second-order valence-electron chi connectivity index (χ2n) is 18.3. The minimum absolute atomic E-state index is 0. The Morgan fingerprint density at radius 2 is 1.23 bits per heavy atom. The lowest BCUT2D eigenvalue weighted by Crippen LogP contribution is -2.40. The average molecular weight is 1170 g/mol. The number of halogens is 1. The lowest BCUT2D eigenvalue weighted by atomic mass is 9.98. The summed E-state index contributed by atoms with van der Waals surface area (Å²) in [6, 6.07) is 0. The van der Waals surface area contributed by atoms with Crippen LogP contribution in [-0.4, -0.2) is 164 Å². The normalized spacial score (nSPS) is 26.9. The highest BCUT2D eigenvalue weighted by Gasteiger charge is 2.43. The first kappa shape index (κ1) is 128. The molecule has 5 rings (SSSR count). The van der Waals surface area contributed by atoms with E-state index in [1.54, 1.807) is 6.92 Å². The molecule has 15 heteroatoms. The Balaban J connectivity index is -0.0000000333. The standard InChI is InChI=1S/C8H16O2.2C7H14O3.2C7H12O.C6H11FO2.C6H14O2.16CH4/c1-3-5-8(6-7-9)10-4-2;1-5-2-6(9)7(3-8)10-4-5;1-5-2-6(9)7(10,3-5)4-8;2*1-6-2-3-7(4-6)5-8;1-3-2-4(8)6(9)5(3)7;1-2-6(5-8)3-4-7;;;;;;;;;;;;;;;;/h7-8H,3-6H2,1-2H3;5-9H,2-4H2,1H3;5-6,8-10H,2-4H2,1H3;3,6,8H,2,4-5H2,1H3;2-3,6-8H,4-5H2,1H3;3-6,8-9H,2H2,1H3;6-8H,2-5H2,1H3;16*1H4/t;5-,6-,7+;5-,6-,7-;6-;6-,7+;3-,4+,5-,6-;;;;;;;;;;;;;;;;;/m.00001................./s1. The first-order valence-corrected chi connectivity index (χ1v) is 23.6. The molecule has 79 heavy (non-hydrogen) atoms. The Morgan fingerprint density at radius 1 is 0.696 bits per heavy atom. The van der Waals surface area contributed by atoms with Gasteiger partial charge in [-0.2, -0.15) is 0 Å². The van der Waals surface area contributed by atoms with Crippen LogP contribution in [0.3, 0.4) is 0 Å². The molecule has 5 aliphatic rings. The summed E-state index contributed by atoms with van der Waals surface area (Å²) in [4.78, 5) is 10.1. The van der Waals surface area contributed by atoms with Gasteiger partial charge in [0.2, 0.25) is 0 Å². The van der Waals surface area contributed by atoms with Gasteiger partial charge in [0.25, 0.3) is 0 Å². The van der Waals surface area contributed by atoms with Crippen LogP contribution in [0.1, 0.15) is 251 Å². The number of rotatable bonds is 14. The number of allylic oxidation sites excluding steroid dienone is 2. The van der Waals surface area contributed by atoms with Gasteiger partial charge in [-0.3, -0.25) is 0 Å². The molecule has 1 heterocycles. The molecule has 0 bridgehead atoms. The van der Waals surface area contributed by atoms with Crippen molar-refractivity contribution >= 4 is 6.29 Å². The molecule has 15 atom stereocenters. The van der Waals surface area contributed by atoms with Crippen molar-refractivity contribution in [3.05, 3.63) is 23.8 Å². The van der Waals surface area contributed by atoms with E-state index in [1.165, 1.54) is 5.57 Å². The van der Waals surface area contributed by atoms with Gasteiger partial charge in [0, 0.05) is 45.4 Å². The van der Waals surface area contributed by atoms with E-state index in [1.807, 2.05) is 27.7 Å². The molecule has 2 unspecified atom stereocenters. The fraction of sp³-hybridized carbons (Fsp3) is 0.922. The van der Waals surface area contributed by atoms with Crippen LogP contribution in [-0.2, 0) is 14.3 Å². The lowest BCUT2D eigenvalue weighted by Gasteiger charge is -2.30. The van der Waals surface area contributed by atoms with Crippen LogP contribution >= 0.6 is 0 Å². The van der Waals surface area contributed by atoms with Crippen LogP contribution in [0, 0.1) is 41.4 Å². The predicted molar refractivity (Wildman–Crippen MR) is 352 cm³/mol. The van der Waals surface area contributed by atoms with Gasteiger partial charge in [-0.05, 0) is 106 Å². The monoisotopic (exact) mass is 1170 g/mol. The Labute approximate surface area is 497 Å². The molecule has 11 N–H and O–H groups in total. The fourth-order valence-corrected chi connectivity index (χ4v) is 7.77. The summed E-state index contributed by atoms with van der Waals surface area (Å²) in [5.41, 5.74) is -0.00289. The van der Waals surface area contributed by atoms with Crippen molar-refractivity contribution in [2.45, 2.75) is 300 Å². The highest BCUT2D eigenvalue weighted by atomic mass is 19.1. The van der Waals surface area contributed by atoms with Crippen LogP contribution in [0.25, 0.3) is 0 Å². The number of carbonyl (C=O) groups excluding carboxylic acids is 1. The summed E-state index contributed by atoms with van der Waals surface area (Å²) < 4.78 is 23.0. The predicted octanol–water partition coefficient (Wildman–Crippen LogP) is 14.2. The number of ether oxygens (including phenoxy) is 2. The zero-order valence-corrected chi connectivity index (χ0v) is 40.1. The van der Waals surface area contributed by atoms with E-state index in [9.17, 15) is 24.5 Å². The third kappa shape index (κ3) is 58.1. The highest BCUT2D eigenvalue weighted by Crippen LogP contribution is 2.34. The lowest BCUT2D eigenvalue weighted by molar-refractivity contribution is -0.113. The van der Waals surface area contributed by atoms with Crippen LogP contribution in [0.15, 0.2) is 23.8 Å². The van der Waals surface area contributed by atoms with Gasteiger partial charge in [0.05, 0.1) is 44.2 Å². The van der Waals surface area contributed by atoms with Crippen molar-refractivity contribution in [2.24, 2.45) is 41.4 Å². The minimum atomic E-state index is -1.24. The van der Waals surface area contributed by atoms with E-state index >= 15 is 0 Å². The molecule has 4 aliphatic carbocycles. The maximum absolute atomic E-state index is 12.6. The number of carbonyl (C=O) groups is 1. The van der Waals surface area contributed by atoms with Crippen molar-refractivity contribution in [3.8, 4) is 0 Å². The minimum Gasteiger partial charge on any atom is -0.396 e. The van der Waals surface area contributed by atoms with Gasteiger partial charge in [0.1, 0.15) is 30.3 Å². The maximum Gasteiger partial charge on any atom is 0.131 e. The van der Waals surface area contributed by atoms with Crippen LogP contribution < -0.4 is 0 Å². The van der Waals surface area contributed by atoms with Gasteiger partial charge in [-0.25, -0.2) is 4.39 Å². The van der Waals surface area contributed by atoms with Crippen LogP contribution in [0.5, 0.6) is 0 Å². The van der Waals surface area contributed by atoms with E-state index in [0.29, 0.717) is 75.1 Å². The molecular weight excluding hydrogens is 1010 g/mol. The van der Waals surface area contributed by atoms with Crippen molar-refractivity contribution in [1.82, 2.24) is 0 Å². The van der Waals surface area contributed by atoms with E-state index in [-0.39, 0.29) is 170 Å². The summed E-state index contributed by atoms with van der Waals surface area (Å²) in [5.74, 6) is 2.74. The van der Waals surface area contributed by atoms with Crippen molar-refractivity contribution < 1.29 is 74.8 Å². The fourth-order valence-electron chi connectivity index (χ4n) is 7.77.